The predicted molar refractivity (Wildman–Crippen MR) is 69.5 cm³/mol. The van der Waals surface area contributed by atoms with Crippen molar-refractivity contribution in [2.45, 2.75) is 45.1 Å². The van der Waals surface area contributed by atoms with Crippen LogP contribution in [0, 0.1) is 5.92 Å². The van der Waals surface area contributed by atoms with E-state index < -0.39 is 11.5 Å². The van der Waals surface area contributed by atoms with Gasteiger partial charge in [0.05, 0.1) is 0 Å². The number of hydrogen-bond acceptors (Lipinski definition) is 2. The van der Waals surface area contributed by atoms with E-state index in [4.69, 9.17) is 5.11 Å². The maximum absolute atomic E-state index is 12.2. The third kappa shape index (κ3) is 3.15. The summed E-state index contributed by atoms with van der Waals surface area (Å²) in [6.07, 6.45) is 4.82. The molecule has 0 aromatic carbocycles. The van der Waals surface area contributed by atoms with Crippen LogP contribution in [0.2, 0.25) is 0 Å². The second-order valence-electron chi connectivity index (χ2n) is 5.74. The van der Waals surface area contributed by atoms with E-state index in [1.807, 2.05) is 0 Å². The molecule has 0 unspecified atom stereocenters. The van der Waals surface area contributed by atoms with Gasteiger partial charge in [-0.05, 0) is 32.6 Å². The number of carbonyl (C=O) groups is 2. The van der Waals surface area contributed by atoms with Crippen molar-refractivity contribution < 1.29 is 14.7 Å². The van der Waals surface area contributed by atoms with Gasteiger partial charge in [-0.1, -0.05) is 12.8 Å². The van der Waals surface area contributed by atoms with Crippen LogP contribution < -0.4 is 0 Å². The van der Waals surface area contributed by atoms with E-state index >= 15 is 0 Å². The lowest BCUT2D eigenvalue weighted by atomic mass is 10.0. The van der Waals surface area contributed by atoms with Crippen molar-refractivity contribution in [1.29, 1.82) is 0 Å². The van der Waals surface area contributed by atoms with E-state index in [0.717, 1.165) is 6.54 Å². The van der Waals surface area contributed by atoms with E-state index in [1.54, 1.807) is 19.0 Å². The van der Waals surface area contributed by atoms with E-state index in [0.29, 0.717) is 5.92 Å². The second-order valence-corrected chi connectivity index (χ2v) is 5.74. The van der Waals surface area contributed by atoms with Gasteiger partial charge in [0, 0.05) is 20.6 Å². The van der Waals surface area contributed by atoms with Crippen molar-refractivity contribution >= 4 is 12.0 Å². The summed E-state index contributed by atoms with van der Waals surface area (Å²) < 4.78 is 0. The SMILES string of the molecule is CN(CC1CCCC1)C(=O)N(C)C(C)(C)C(=O)O. The highest BCUT2D eigenvalue weighted by Crippen LogP contribution is 2.25. The summed E-state index contributed by atoms with van der Waals surface area (Å²) in [5.74, 6) is -0.423. The van der Waals surface area contributed by atoms with Gasteiger partial charge in [0.25, 0.3) is 0 Å². The number of carbonyl (C=O) groups excluding carboxylic acids is 1. The monoisotopic (exact) mass is 256 g/mol. The van der Waals surface area contributed by atoms with E-state index in [1.165, 1.54) is 44.4 Å². The number of aliphatic carboxylic acids is 1. The van der Waals surface area contributed by atoms with Gasteiger partial charge in [-0.2, -0.15) is 0 Å². The molecule has 1 saturated carbocycles. The molecule has 2 amide bonds. The molecule has 0 aromatic rings. The Morgan fingerprint density at radius 1 is 1.22 bits per heavy atom. The van der Waals surface area contributed by atoms with E-state index in [9.17, 15) is 9.59 Å². The maximum Gasteiger partial charge on any atom is 0.329 e. The fourth-order valence-corrected chi connectivity index (χ4v) is 2.30. The number of nitrogens with zero attached hydrogens (tertiary/aromatic N) is 2. The lowest BCUT2D eigenvalue weighted by Crippen LogP contribution is -2.54. The van der Waals surface area contributed by atoms with Crippen molar-refractivity contribution in [2.24, 2.45) is 5.92 Å². The lowest BCUT2D eigenvalue weighted by Gasteiger charge is -2.35. The first kappa shape index (κ1) is 14.8. The van der Waals surface area contributed by atoms with Crippen LogP contribution in [-0.4, -0.2) is 53.1 Å². The van der Waals surface area contributed by atoms with Crippen molar-refractivity contribution in [2.75, 3.05) is 20.6 Å². The normalized spacial score (nSPS) is 16.7. The molecule has 5 nitrogen and oxygen atoms in total. The average Bonchev–Trinajstić information content (AvgIpc) is 2.79. The van der Waals surface area contributed by atoms with Crippen LogP contribution in [-0.2, 0) is 4.79 Å². The number of carboxylic acid groups (broad SMARTS) is 1. The molecular weight excluding hydrogens is 232 g/mol. The molecule has 0 saturated heterocycles. The molecule has 1 aliphatic carbocycles. The molecule has 1 N–H and O–H groups in total. The zero-order chi connectivity index (χ0) is 13.9. The fraction of sp³-hybridized carbons (Fsp3) is 0.846. The Kier molecular flexibility index (Phi) is 4.59. The Bertz CT molecular complexity index is 322. The first-order chi connectivity index (χ1) is 8.26. The van der Waals surface area contributed by atoms with Crippen LogP contribution in [0.15, 0.2) is 0 Å². The molecule has 0 radical (unpaired) electrons. The summed E-state index contributed by atoms with van der Waals surface area (Å²) in [6, 6.07) is -0.227. The molecule has 104 valence electrons. The van der Waals surface area contributed by atoms with Gasteiger partial charge < -0.3 is 14.9 Å². The fourth-order valence-electron chi connectivity index (χ4n) is 2.30. The summed E-state index contributed by atoms with van der Waals surface area (Å²) >= 11 is 0. The highest BCUT2D eigenvalue weighted by Gasteiger charge is 2.36. The quantitative estimate of drug-likeness (QED) is 0.837. The summed E-state index contributed by atoms with van der Waals surface area (Å²) in [4.78, 5) is 26.2. The molecule has 1 fully saturated rings. The molecule has 0 spiro atoms. The number of amides is 2. The number of rotatable bonds is 4. The van der Waals surface area contributed by atoms with Crippen molar-refractivity contribution in [3.8, 4) is 0 Å². The summed E-state index contributed by atoms with van der Waals surface area (Å²) in [5.41, 5.74) is -1.18. The molecule has 0 heterocycles. The molecule has 0 aromatic heterocycles. The lowest BCUT2D eigenvalue weighted by molar-refractivity contribution is -0.147. The van der Waals surface area contributed by atoms with Gasteiger partial charge in [0.2, 0.25) is 0 Å². The molecule has 0 bridgehead atoms. The van der Waals surface area contributed by atoms with Crippen molar-refractivity contribution in [3.63, 3.8) is 0 Å². The minimum atomic E-state index is -1.18. The topological polar surface area (TPSA) is 60.9 Å². The first-order valence-corrected chi connectivity index (χ1v) is 6.49. The Morgan fingerprint density at radius 3 is 2.17 bits per heavy atom. The zero-order valence-corrected chi connectivity index (χ0v) is 11.8. The van der Waals surface area contributed by atoms with Crippen LogP contribution in [0.4, 0.5) is 4.79 Å². The third-order valence-corrected chi connectivity index (χ3v) is 3.98. The highest BCUT2D eigenvalue weighted by molar-refractivity contribution is 5.85. The van der Waals surface area contributed by atoms with Gasteiger partial charge in [0.15, 0.2) is 0 Å². The Hall–Kier alpha value is -1.26. The maximum atomic E-state index is 12.2. The number of hydrogen-bond donors (Lipinski definition) is 1. The zero-order valence-electron chi connectivity index (χ0n) is 11.8. The summed E-state index contributed by atoms with van der Waals surface area (Å²) in [5, 5.41) is 9.11. The second kappa shape index (κ2) is 5.59. The minimum absolute atomic E-state index is 0.227. The van der Waals surface area contributed by atoms with Gasteiger partial charge in [-0.25, -0.2) is 9.59 Å². The van der Waals surface area contributed by atoms with E-state index in [-0.39, 0.29) is 6.03 Å². The number of carboxylic acids is 1. The molecule has 0 aliphatic heterocycles. The van der Waals surface area contributed by atoms with Crippen molar-refractivity contribution in [3.05, 3.63) is 0 Å². The highest BCUT2D eigenvalue weighted by atomic mass is 16.4. The molecule has 18 heavy (non-hydrogen) atoms. The van der Waals surface area contributed by atoms with Crippen LogP contribution in [0.25, 0.3) is 0 Å². The summed E-state index contributed by atoms with van der Waals surface area (Å²) in [7, 11) is 3.29. The van der Waals surface area contributed by atoms with Crippen molar-refractivity contribution in [1.82, 2.24) is 9.80 Å². The van der Waals surface area contributed by atoms with Gasteiger partial charge in [-0.3, -0.25) is 0 Å². The Balaban J connectivity index is 2.59. The smallest absolute Gasteiger partial charge is 0.329 e. The molecule has 5 heteroatoms. The van der Waals surface area contributed by atoms with Gasteiger partial charge in [-0.15, -0.1) is 0 Å². The summed E-state index contributed by atoms with van der Waals surface area (Å²) in [6.45, 7) is 3.80. The molecule has 1 aliphatic rings. The van der Waals surface area contributed by atoms with Crippen LogP contribution in [0.5, 0.6) is 0 Å². The van der Waals surface area contributed by atoms with Gasteiger partial charge in [0.1, 0.15) is 5.54 Å². The van der Waals surface area contributed by atoms with Crippen LogP contribution in [0.3, 0.4) is 0 Å². The van der Waals surface area contributed by atoms with E-state index in [2.05, 4.69) is 0 Å². The molecule has 0 atom stereocenters. The molecule has 1 rings (SSSR count). The average molecular weight is 256 g/mol. The number of likely N-dealkylation sites (N-methyl/N-ethyl adjacent to an activating group) is 1. The minimum Gasteiger partial charge on any atom is -0.480 e. The Morgan fingerprint density at radius 2 is 1.72 bits per heavy atom. The van der Waals surface area contributed by atoms with Crippen LogP contribution in [0.1, 0.15) is 39.5 Å². The predicted octanol–water partition coefficient (Wildman–Crippen LogP) is 2.02. The number of urea groups is 1. The van der Waals surface area contributed by atoms with Gasteiger partial charge >= 0.3 is 12.0 Å². The largest absolute Gasteiger partial charge is 0.480 e. The van der Waals surface area contributed by atoms with Crippen LogP contribution >= 0.6 is 0 Å². The standard InChI is InChI=1S/C13H24N2O3/c1-13(2,11(16)17)15(4)12(18)14(3)9-10-7-5-6-8-10/h10H,5-9H2,1-4H3,(H,16,17). The third-order valence-electron chi connectivity index (χ3n) is 3.98. The molecular formula is C13H24N2O3. The Labute approximate surface area is 109 Å². The first-order valence-electron chi connectivity index (χ1n) is 6.49.